The first-order valence-electron chi connectivity index (χ1n) is 17.2. The molecule has 50 heavy (non-hydrogen) atoms. The molecule has 14 nitrogen and oxygen atoms in total. The van der Waals surface area contributed by atoms with Crippen molar-refractivity contribution in [3.05, 3.63) is 34.5 Å². The van der Waals surface area contributed by atoms with Gasteiger partial charge in [0.05, 0.1) is 13.2 Å². The van der Waals surface area contributed by atoms with Gasteiger partial charge in [0.15, 0.2) is 11.9 Å². The van der Waals surface area contributed by atoms with Crippen molar-refractivity contribution in [1.82, 2.24) is 15.6 Å². The number of nitrogens with one attached hydrogen (secondary N) is 3. The van der Waals surface area contributed by atoms with E-state index in [1.807, 2.05) is 0 Å². The van der Waals surface area contributed by atoms with E-state index in [1.54, 1.807) is 0 Å². The quantitative estimate of drug-likeness (QED) is 0.0586. The van der Waals surface area contributed by atoms with Gasteiger partial charge in [-0.05, 0) is 59.3 Å². The van der Waals surface area contributed by atoms with Crippen LogP contribution >= 0.6 is 0 Å². The summed E-state index contributed by atoms with van der Waals surface area (Å²) in [7, 11) is 1.25. The summed E-state index contributed by atoms with van der Waals surface area (Å²) >= 11 is 0. The zero-order chi connectivity index (χ0) is 38.2. The first-order chi connectivity index (χ1) is 23.0. The highest BCUT2D eigenvalue weighted by Crippen LogP contribution is 2.40. The molecule has 0 unspecified atom stereocenters. The first-order valence-corrected chi connectivity index (χ1v) is 17.2. The average Bonchev–Trinajstić information content (AvgIpc) is 3.36. The second kappa shape index (κ2) is 17.1. The maximum Gasteiger partial charge on any atom is 0.328 e. The standard InChI is InChI=1S/C36H62N10O4/c1-34(2,3)20-17-21-22(28(36(7,8)9)46-27(21)23(18-20)35(4,5)6)19-26(45-29(47)24(37)13-11-15-42-32(38)39)30(48)44-25(31(49)50-10)14-12-16-43-33(40)41/h17-18,24-26,46H,11-16,19,37H2,1-10H3,(H,44,48)(H,45,47)(H4,38,39,42)(H4,40,41,43)/t24-,25-,26-/m0/s1. The number of ether oxygens (including phenoxy) is 1. The molecule has 14 heteroatoms. The minimum absolute atomic E-state index is 0.0455. The Morgan fingerprint density at radius 1 is 0.780 bits per heavy atom. The molecular formula is C36H62N10O4. The first kappa shape index (κ1) is 41.8. The van der Waals surface area contributed by atoms with Crippen LogP contribution in [0.4, 0.5) is 0 Å². The van der Waals surface area contributed by atoms with Gasteiger partial charge in [-0.1, -0.05) is 68.4 Å². The molecule has 1 aromatic heterocycles. The molecule has 1 aromatic carbocycles. The summed E-state index contributed by atoms with van der Waals surface area (Å²) in [6.45, 7) is 19.9. The number of nitrogens with two attached hydrogens (primary N) is 5. The van der Waals surface area contributed by atoms with Crippen LogP contribution in [0.3, 0.4) is 0 Å². The smallest absolute Gasteiger partial charge is 0.328 e. The number of carbonyl (C=O) groups is 3. The SMILES string of the molecule is COC(=O)[C@H](CCCN=C(N)N)NC(=O)[C@H](Cc1c(C(C)(C)C)[nH]c2c(C(C)(C)C)cc(C(C)(C)C)cc12)NC(=O)[C@@H](N)CCCN=C(N)N. The molecule has 2 aromatic rings. The van der Waals surface area contributed by atoms with Gasteiger partial charge in [-0.15, -0.1) is 0 Å². The number of fused-ring (bicyclic) bond motifs is 1. The number of amides is 2. The lowest BCUT2D eigenvalue weighted by atomic mass is 9.78. The van der Waals surface area contributed by atoms with Crippen LogP contribution < -0.4 is 39.3 Å². The van der Waals surface area contributed by atoms with Crippen molar-refractivity contribution in [1.29, 1.82) is 0 Å². The third-order valence-corrected chi connectivity index (χ3v) is 8.53. The van der Waals surface area contributed by atoms with Crippen LogP contribution in [-0.4, -0.2) is 73.0 Å². The van der Waals surface area contributed by atoms with Crippen molar-refractivity contribution < 1.29 is 19.1 Å². The molecule has 0 fully saturated rings. The fourth-order valence-corrected chi connectivity index (χ4v) is 5.74. The second-order valence-electron chi connectivity index (χ2n) is 16.0. The Kier molecular flexibility index (Phi) is 14.3. The van der Waals surface area contributed by atoms with Crippen LogP contribution in [0.15, 0.2) is 22.1 Å². The summed E-state index contributed by atoms with van der Waals surface area (Å²) in [6, 6.07) is 1.41. The molecule has 0 bridgehead atoms. The van der Waals surface area contributed by atoms with Gasteiger partial charge in [0.25, 0.3) is 0 Å². The number of aliphatic imine (C=N–C) groups is 2. The lowest BCUT2D eigenvalue weighted by Crippen LogP contribution is -2.55. The minimum Gasteiger partial charge on any atom is -0.467 e. The van der Waals surface area contributed by atoms with E-state index in [2.05, 4.69) is 100 Å². The Labute approximate surface area is 297 Å². The second-order valence-corrected chi connectivity index (χ2v) is 16.0. The Balaban J connectivity index is 2.69. The van der Waals surface area contributed by atoms with Gasteiger partial charge in [0.1, 0.15) is 12.1 Å². The van der Waals surface area contributed by atoms with Crippen molar-refractivity contribution in [2.24, 2.45) is 38.7 Å². The fraction of sp³-hybridized carbons (Fsp3) is 0.639. The molecule has 0 aliphatic rings. The zero-order valence-electron chi connectivity index (χ0n) is 31.8. The van der Waals surface area contributed by atoms with Gasteiger partial charge in [0.2, 0.25) is 11.8 Å². The molecule has 0 aliphatic carbocycles. The van der Waals surface area contributed by atoms with Crippen LogP contribution in [0.5, 0.6) is 0 Å². The number of hydrogen-bond donors (Lipinski definition) is 8. The van der Waals surface area contributed by atoms with Crippen molar-refractivity contribution in [3.63, 3.8) is 0 Å². The third kappa shape index (κ3) is 11.9. The Bertz CT molecular complexity index is 1550. The number of carbonyl (C=O) groups excluding carboxylic acids is 3. The summed E-state index contributed by atoms with van der Waals surface area (Å²) in [5.41, 5.74) is 32.4. The van der Waals surface area contributed by atoms with E-state index < -0.39 is 35.9 Å². The van der Waals surface area contributed by atoms with Crippen LogP contribution in [0.2, 0.25) is 0 Å². The van der Waals surface area contributed by atoms with E-state index in [9.17, 15) is 14.4 Å². The molecule has 13 N–H and O–H groups in total. The molecule has 2 rings (SSSR count). The van der Waals surface area contributed by atoms with E-state index in [0.717, 1.165) is 33.3 Å². The molecule has 280 valence electrons. The highest BCUT2D eigenvalue weighted by atomic mass is 16.5. The number of H-pyrrole nitrogens is 1. The van der Waals surface area contributed by atoms with Crippen molar-refractivity contribution in [3.8, 4) is 0 Å². The normalized spacial score (nSPS) is 14.0. The van der Waals surface area contributed by atoms with Gasteiger partial charge in [-0.25, -0.2) is 4.79 Å². The van der Waals surface area contributed by atoms with Crippen molar-refractivity contribution in [2.45, 2.75) is 129 Å². The summed E-state index contributed by atoms with van der Waals surface area (Å²) in [5, 5.41) is 6.69. The number of guanidine groups is 2. The monoisotopic (exact) mass is 698 g/mol. The number of methoxy groups -OCH3 is 1. The highest BCUT2D eigenvalue weighted by Gasteiger charge is 2.34. The van der Waals surface area contributed by atoms with Gasteiger partial charge in [-0.2, -0.15) is 0 Å². The van der Waals surface area contributed by atoms with E-state index in [0.29, 0.717) is 19.4 Å². The van der Waals surface area contributed by atoms with Gasteiger partial charge in [0, 0.05) is 41.5 Å². The molecule has 3 atom stereocenters. The van der Waals surface area contributed by atoms with Gasteiger partial charge >= 0.3 is 5.97 Å². The van der Waals surface area contributed by atoms with Crippen molar-refractivity contribution >= 4 is 40.6 Å². The Morgan fingerprint density at radius 3 is 1.80 bits per heavy atom. The number of rotatable bonds is 15. The van der Waals surface area contributed by atoms with Crippen LogP contribution in [0.25, 0.3) is 10.9 Å². The summed E-state index contributed by atoms with van der Waals surface area (Å²) < 4.78 is 5.00. The fourth-order valence-electron chi connectivity index (χ4n) is 5.74. The molecule has 1 heterocycles. The summed E-state index contributed by atoms with van der Waals surface area (Å²) in [5.74, 6) is -1.81. The molecular weight excluding hydrogens is 636 g/mol. The number of aromatic nitrogens is 1. The summed E-state index contributed by atoms with van der Waals surface area (Å²) in [4.78, 5) is 52.2. The molecule has 0 aliphatic heterocycles. The maximum atomic E-state index is 14.2. The Morgan fingerprint density at radius 2 is 1.32 bits per heavy atom. The van der Waals surface area contributed by atoms with E-state index in [1.165, 1.54) is 7.11 Å². The van der Waals surface area contributed by atoms with E-state index >= 15 is 0 Å². The van der Waals surface area contributed by atoms with Crippen LogP contribution in [0.1, 0.15) is 110 Å². The molecule has 0 saturated carbocycles. The highest BCUT2D eigenvalue weighted by molar-refractivity contribution is 5.94. The number of hydrogen-bond acceptors (Lipinski definition) is 7. The van der Waals surface area contributed by atoms with E-state index in [-0.39, 0.29) is 54.0 Å². The molecule has 2 amide bonds. The third-order valence-electron chi connectivity index (χ3n) is 8.53. The largest absolute Gasteiger partial charge is 0.467 e. The lowest BCUT2D eigenvalue weighted by molar-refractivity contribution is -0.145. The zero-order valence-corrected chi connectivity index (χ0v) is 31.8. The summed E-state index contributed by atoms with van der Waals surface area (Å²) in [6.07, 6.45) is 1.49. The van der Waals surface area contributed by atoms with Crippen molar-refractivity contribution in [2.75, 3.05) is 20.2 Å². The number of benzene rings is 1. The topological polar surface area (TPSA) is 255 Å². The van der Waals surface area contributed by atoms with Crippen LogP contribution in [0, 0.1) is 0 Å². The number of esters is 1. The minimum atomic E-state index is -1.09. The maximum absolute atomic E-state index is 14.2. The molecule has 0 saturated heterocycles. The predicted octanol–water partition coefficient (Wildman–Crippen LogP) is 2.18. The molecule has 0 spiro atoms. The van der Waals surface area contributed by atoms with E-state index in [4.69, 9.17) is 33.4 Å². The lowest BCUT2D eigenvalue weighted by Gasteiger charge is -2.27. The number of nitrogens with zero attached hydrogens (tertiary/aromatic N) is 2. The molecule has 0 radical (unpaired) electrons. The number of aromatic amines is 1. The predicted molar refractivity (Wildman–Crippen MR) is 202 cm³/mol. The van der Waals surface area contributed by atoms with Gasteiger partial charge in [-0.3, -0.25) is 19.6 Å². The average molecular weight is 699 g/mol. The van der Waals surface area contributed by atoms with Gasteiger partial charge < -0.3 is 49.0 Å². The Hall–Kier alpha value is -4.33. The van der Waals surface area contributed by atoms with Crippen LogP contribution in [-0.2, 0) is 41.8 Å².